The van der Waals surface area contributed by atoms with Crippen LogP contribution < -0.4 is 0 Å². The van der Waals surface area contributed by atoms with Gasteiger partial charge in [-0.2, -0.15) is 0 Å². The van der Waals surface area contributed by atoms with Crippen molar-refractivity contribution in [3.8, 4) is 0 Å². The molecule has 5 aliphatic rings. The third kappa shape index (κ3) is 4.63. The van der Waals surface area contributed by atoms with E-state index in [2.05, 4.69) is 0 Å². The van der Waals surface area contributed by atoms with Crippen molar-refractivity contribution >= 4 is 23.9 Å². The number of hydrogen-bond donors (Lipinski definition) is 0. The van der Waals surface area contributed by atoms with E-state index in [4.69, 9.17) is 28.4 Å². The molecule has 0 aromatic rings. The molecule has 5 rings (SSSR count). The summed E-state index contributed by atoms with van der Waals surface area (Å²) >= 11 is 0. The van der Waals surface area contributed by atoms with Crippen molar-refractivity contribution in [3.63, 3.8) is 0 Å². The van der Waals surface area contributed by atoms with Crippen molar-refractivity contribution in [2.75, 3.05) is 19.8 Å². The molecule has 2 bridgehead atoms. The number of carbonyl (C=O) groups is 4. The topological polar surface area (TPSA) is 127 Å². The Morgan fingerprint density at radius 3 is 2.41 bits per heavy atom. The minimum absolute atomic E-state index is 0.0717. The lowest BCUT2D eigenvalue weighted by Gasteiger charge is -2.59. The number of cyclic esters (lactones) is 2. The maximum absolute atomic E-state index is 13.0. The lowest BCUT2D eigenvalue weighted by molar-refractivity contribution is -0.239. The van der Waals surface area contributed by atoms with Gasteiger partial charge in [0.05, 0.1) is 36.3 Å². The van der Waals surface area contributed by atoms with Crippen LogP contribution >= 0.6 is 0 Å². The maximum atomic E-state index is 13.0. The number of allylic oxidation sites excluding steroid dienone is 2. The minimum Gasteiger partial charge on any atom is -0.462 e. The van der Waals surface area contributed by atoms with Gasteiger partial charge in [0.2, 0.25) is 0 Å². The Morgan fingerprint density at radius 2 is 1.72 bits per heavy atom. The molecule has 2 aliphatic carbocycles. The molecular weight excluding hydrogens is 508 g/mol. The van der Waals surface area contributed by atoms with Gasteiger partial charge >= 0.3 is 23.9 Å². The van der Waals surface area contributed by atoms with Gasteiger partial charge in [0.25, 0.3) is 0 Å². The number of esters is 4. The van der Waals surface area contributed by atoms with E-state index in [9.17, 15) is 19.2 Å². The molecule has 3 aliphatic heterocycles. The summed E-state index contributed by atoms with van der Waals surface area (Å²) < 4.78 is 35.4. The molecule has 10 heteroatoms. The van der Waals surface area contributed by atoms with Crippen molar-refractivity contribution in [2.24, 2.45) is 10.8 Å². The zero-order chi connectivity index (χ0) is 28.0. The molecule has 0 radical (unpaired) electrons. The standard InChI is InChI=1S/C29H34O10/c1-17-9-10-34-24(31)7-5-6-8-25(32)39-21-13-23-29(16-36-29)27(21,4)28(15-35-26(33)11-17)14-20(37-19(3)30)18(2)12-22(28)38-23/h5-8,11-12,20-23H,9-10,13-16H2,1-4H3/b7-5+,8-6-,17-11+/t20-,21+,22+,23+,27+,28+,29-/m0/s1. The summed E-state index contributed by atoms with van der Waals surface area (Å²) in [6.45, 7) is 7.41. The normalized spacial score (nSPS) is 43.2. The molecule has 210 valence electrons. The number of carbonyl (C=O) groups excluding carboxylic acids is 4. The van der Waals surface area contributed by atoms with E-state index in [1.807, 2.05) is 19.9 Å². The average Bonchev–Trinajstić information content (AvgIpc) is 3.64. The fourth-order valence-corrected chi connectivity index (χ4v) is 6.78. The third-order valence-corrected chi connectivity index (χ3v) is 9.01. The van der Waals surface area contributed by atoms with Gasteiger partial charge in [-0.3, -0.25) is 4.79 Å². The van der Waals surface area contributed by atoms with Gasteiger partial charge in [0.15, 0.2) is 0 Å². The first-order valence-corrected chi connectivity index (χ1v) is 13.2. The van der Waals surface area contributed by atoms with Gasteiger partial charge in [-0.1, -0.05) is 30.7 Å². The molecule has 2 spiro atoms. The van der Waals surface area contributed by atoms with Crippen LogP contribution in [-0.2, 0) is 47.6 Å². The zero-order valence-electron chi connectivity index (χ0n) is 22.6. The summed E-state index contributed by atoms with van der Waals surface area (Å²) in [5.74, 6) is -2.15. The van der Waals surface area contributed by atoms with Crippen LogP contribution in [0, 0.1) is 10.8 Å². The van der Waals surface area contributed by atoms with Crippen LogP contribution in [0.25, 0.3) is 0 Å². The monoisotopic (exact) mass is 542 g/mol. The highest BCUT2D eigenvalue weighted by atomic mass is 16.6. The van der Waals surface area contributed by atoms with E-state index in [1.165, 1.54) is 37.3 Å². The van der Waals surface area contributed by atoms with Crippen molar-refractivity contribution < 1.29 is 47.6 Å². The second-order valence-electron chi connectivity index (χ2n) is 11.2. The Balaban J connectivity index is 1.57. The largest absolute Gasteiger partial charge is 0.462 e. The van der Waals surface area contributed by atoms with Crippen LogP contribution in [0.5, 0.6) is 0 Å². The number of hydrogen-bond acceptors (Lipinski definition) is 10. The molecule has 0 unspecified atom stereocenters. The lowest BCUT2D eigenvalue weighted by Crippen LogP contribution is -2.68. The fourth-order valence-electron chi connectivity index (χ4n) is 6.78. The molecule has 7 atom stereocenters. The first-order chi connectivity index (χ1) is 18.5. The Bertz CT molecular complexity index is 1190. The summed E-state index contributed by atoms with van der Waals surface area (Å²) in [6.07, 6.45) is 7.59. The quantitative estimate of drug-likeness (QED) is 0.211. The predicted octanol–water partition coefficient (Wildman–Crippen LogP) is 2.66. The van der Waals surface area contributed by atoms with Crippen molar-refractivity contribution in [2.45, 2.75) is 77.0 Å². The lowest BCUT2D eigenvalue weighted by atomic mass is 9.51. The molecule has 0 aromatic heterocycles. The van der Waals surface area contributed by atoms with Gasteiger partial charge in [0, 0.05) is 44.4 Å². The maximum Gasteiger partial charge on any atom is 0.331 e. The summed E-state index contributed by atoms with van der Waals surface area (Å²) in [7, 11) is 0. The molecule has 0 amide bonds. The minimum atomic E-state index is -0.928. The van der Waals surface area contributed by atoms with Crippen LogP contribution in [0.4, 0.5) is 0 Å². The van der Waals surface area contributed by atoms with Crippen LogP contribution in [-0.4, -0.2) is 73.7 Å². The summed E-state index contributed by atoms with van der Waals surface area (Å²) in [5.41, 5.74) is -0.971. The molecule has 3 fully saturated rings. The van der Waals surface area contributed by atoms with E-state index in [0.717, 1.165) is 5.57 Å². The van der Waals surface area contributed by atoms with Crippen molar-refractivity contribution in [1.29, 1.82) is 0 Å². The molecule has 1 saturated carbocycles. The summed E-state index contributed by atoms with van der Waals surface area (Å²) in [4.78, 5) is 49.8. The third-order valence-electron chi connectivity index (χ3n) is 9.01. The summed E-state index contributed by atoms with van der Waals surface area (Å²) in [5, 5.41) is 0. The second-order valence-corrected chi connectivity index (χ2v) is 11.2. The molecule has 3 heterocycles. The van der Waals surface area contributed by atoms with E-state index >= 15 is 0 Å². The Kier molecular flexibility index (Phi) is 7.05. The predicted molar refractivity (Wildman–Crippen MR) is 135 cm³/mol. The SMILES string of the molecule is CC(=O)O[C@H]1C[C@@]23COC(=O)/C=C(\C)CCOC(=O)/C=C/C=C\C(=O)O[C@@H]4C[C@@H](O[C@@H]2C=C1C)[C@@]1(CO1)[C@]43C. The first kappa shape index (κ1) is 27.3. The number of epoxide rings is 1. The molecular formula is C29H34O10. The van der Waals surface area contributed by atoms with Crippen molar-refractivity contribution in [1.82, 2.24) is 0 Å². The number of ether oxygens (including phenoxy) is 6. The highest BCUT2D eigenvalue weighted by Gasteiger charge is 2.83. The van der Waals surface area contributed by atoms with Crippen LogP contribution in [0.1, 0.15) is 47.0 Å². The van der Waals surface area contributed by atoms with Crippen LogP contribution in [0.15, 0.2) is 47.6 Å². The fraction of sp³-hybridized carbons (Fsp3) is 0.586. The van der Waals surface area contributed by atoms with Crippen LogP contribution in [0.2, 0.25) is 0 Å². The van der Waals surface area contributed by atoms with Crippen molar-refractivity contribution in [3.05, 3.63) is 47.6 Å². The highest BCUT2D eigenvalue weighted by molar-refractivity contribution is 5.85. The molecule has 10 nitrogen and oxygen atoms in total. The molecule has 0 N–H and O–H groups in total. The van der Waals surface area contributed by atoms with Gasteiger partial charge in [-0.05, 0) is 19.4 Å². The Hall–Kier alpha value is -3.24. The van der Waals surface area contributed by atoms with E-state index in [1.54, 1.807) is 6.92 Å². The van der Waals surface area contributed by atoms with Gasteiger partial charge in [-0.15, -0.1) is 0 Å². The molecule has 0 aromatic carbocycles. The summed E-state index contributed by atoms with van der Waals surface area (Å²) in [6, 6.07) is 0. The van der Waals surface area contributed by atoms with E-state index < -0.39 is 58.6 Å². The zero-order valence-corrected chi connectivity index (χ0v) is 22.6. The molecule has 39 heavy (non-hydrogen) atoms. The Labute approximate surface area is 226 Å². The number of rotatable bonds is 1. The van der Waals surface area contributed by atoms with E-state index in [0.29, 0.717) is 31.4 Å². The Morgan fingerprint density at radius 1 is 1.00 bits per heavy atom. The highest BCUT2D eigenvalue weighted by Crippen LogP contribution is 2.72. The van der Waals surface area contributed by atoms with Gasteiger partial charge in [0.1, 0.15) is 24.4 Å². The smallest absolute Gasteiger partial charge is 0.331 e. The first-order valence-electron chi connectivity index (χ1n) is 13.2. The van der Waals surface area contributed by atoms with Gasteiger partial charge in [-0.25, -0.2) is 14.4 Å². The van der Waals surface area contributed by atoms with Crippen LogP contribution in [0.3, 0.4) is 0 Å². The van der Waals surface area contributed by atoms with E-state index in [-0.39, 0.29) is 19.3 Å². The average molecular weight is 543 g/mol. The van der Waals surface area contributed by atoms with Gasteiger partial charge < -0.3 is 28.4 Å². The molecule has 2 saturated heterocycles. The second kappa shape index (κ2) is 10.1.